The summed E-state index contributed by atoms with van der Waals surface area (Å²) in [5.41, 5.74) is 0.646. The highest BCUT2D eigenvalue weighted by Crippen LogP contribution is 2.19. The Balaban J connectivity index is 1.72. The van der Waals surface area contributed by atoms with Crippen molar-refractivity contribution in [2.45, 2.75) is 19.9 Å². The summed E-state index contributed by atoms with van der Waals surface area (Å²) in [7, 11) is 3.23. The predicted molar refractivity (Wildman–Crippen MR) is 98.0 cm³/mol. The van der Waals surface area contributed by atoms with Crippen molar-refractivity contribution in [3.63, 3.8) is 0 Å². The molecular formula is C18H20N4O5. The van der Waals surface area contributed by atoms with Gasteiger partial charge in [-0.25, -0.2) is 14.6 Å². The molecule has 0 amide bonds. The molecular weight excluding hydrogens is 352 g/mol. The van der Waals surface area contributed by atoms with E-state index in [4.69, 9.17) is 4.74 Å². The molecule has 0 bridgehead atoms. The molecule has 27 heavy (non-hydrogen) atoms. The largest absolute Gasteiger partial charge is 0.507 e. The highest BCUT2D eigenvalue weighted by molar-refractivity contribution is 5.92. The molecule has 9 nitrogen and oxygen atoms in total. The maximum absolute atomic E-state index is 12.6. The molecule has 0 saturated carbocycles. The van der Waals surface area contributed by atoms with Crippen molar-refractivity contribution < 1.29 is 14.6 Å². The number of nitrogens with zero attached hydrogens (tertiary/aromatic N) is 4. The first-order valence-corrected chi connectivity index (χ1v) is 8.39. The van der Waals surface area contributed by atoms with E-state index in [1.807, 2.05) is 0 Å². The first-order valence-electron chi connectivity index (χ1n) is 8.39. The summed E-state index contributed by atoms with van der Waals surface area (Å²) in [6, 6.07) is 4.65. The topological polar surface area (TPSA) is 108 Å². The van der Waals surface area contributed by atoms with Crippen LogP contribution < -0.4 is 11.2 Å². The first-order chi connectivity index (χ1) is 12.8. The van der Waals surface area contributed by atoms with Crippen molar-refractivity contribution in [3.05, 3.63) is 56.5 Å². The number of phenols is 1. The van der Waals surface area contributed by atoms with E-state index in [-0.39, 0.29) is 30.9 Å². The van der Waals surface area contributed by atoms with E-state index in [9.17, 15) is 19.5 Å². The van der Waals surface area contributed by atoms with Crippen molar-refractivity contribution in [1.82, 2.24) is 18.7 Å². The predicted octanol–water partition coefficient (Wildman–Crippen LogP) is 0.695. The van der Waals surface area contributed by atoms with Crippen LogP contribution in [0.25, 0.3) is 11.2 Å². The summed E-state index contributed by atoms with van der Waals surface area (Å²) < 4.78 is 9.13. The average Bonchev–Trinajstić information content (AvgIpc) is 3.03. The number of phenolic OH excluding ortho intramolecular Hbond substituents is 1. The minimum Gasteiger partial charge on any atom is -0.507 e. The molecule has 0 fully saturated rings. The van der Waals surface area contributed by atoms with Gasteiger partial charge in [-0.15, -0.1) is 0 Å². The molecule has 2 aromatic heterocycles. The second-order valence-electron chi connectivity index (χ2n) is 6.34. The number of rotatable bonds is 5. The number of ether oxygens (including phenoxy) is 1. The van der Waals surface area contributed by atoms with Gasteiger partial charge in [0.2, 0.25) is 0 Å². The summed E-state index contributed by atoms with van der Waals surface area (Å²) in [6.07, 6.45) is 1.75. The lowest BCUT2D eigenvalue weighted by molar-refractivity contribution is 0.0492. The number of carbonyl (C=O) groups is 1. The van der Waals surface area contributed by atoms with Crippen LogP contribution in [0.1, 0.15) is 22.3 Å². The standard InChI is InChI=1S/C18H20N4O5/c1-11-5-6-13(23)12(9-11)17(25)27-8-4-7-22-16(24)14-15(19-10-20(14)2)21(3)18(22)26/h5-6,9-10,23H,4,7-8H2,1-3H3. The van der Waals surface area contributed by atoms with E-state index in [1.54, 1.807) is 31.7 Å². The van der Waals surface area contributed by atoms with Gasteiger partial charge in [-0.1, -0.05) is 11.6 Å². The van der Waals surface area contributed by atoms with Crippen LogP contribution in [0.15, 0.2) is 34.1 Å². The molecule has 0 aliphatic carbocycles. The molecule has 142 valence electrons. The second kappa shape index (κ2) is 7.10. The second-order valence-corrected chi connectivity index (χ2v) is 6.34. The van der Waals surface area contributed by atoms with Gasteiger partial charge < -0.3 is 14.4 Å². The fourth-order valence-electron chi connectivity index (χ4n) is 2.87. The van der Waals surface area contributed by atoms with Crippen LogP contribution in [0.5, 0.6) is 5.75 Å². The number of benzene rings is 1. The molecule has 0 saturated heterocycles. The quantitative estimate of drug-likeness (QED) is 0.522. The Kier molecular flexibility index (Phi) is 4.85. The van der Waals surface area contributed by atoms with Gasteiger partial charge in [0, 0.05) is 20.6 Å². The van der Waals surface area contributed by atoms with Crippen LogP contribution >= 0.6 is 0 Å². The molecule has 1 N–H and O–H groups in total. The van der Waals surface area contributed by atoms with Crippen LogP contribution in [-0.2, 0) is 25.4 Å². The SMILES string of the molecule is Cc1ccc(O)c(C(=O)OCCCn2c(=O)c3c(ncn3C)n(C)c2=O)c1. The van der Waals surface area contributed by atoms with Crippen LogP contribution in [0.4, 0.5) is 0 Å². The summed E-state index contributed by atoms with van der Waals surface area (Å²) in [4.78, 5) is 41.1. The van der Waals surface area contributed by atoms with Crippen molar-refractivity contribution >= 4 is 17.1 Å². The molecule has 0 aliphatic heterocycles. The van der Waals surface area contributed by atoms with Crippen molar-refractivity contribution in [1.29, 1.82) is 0 Å². The normalized spacial score (nSPS) is 11.1. The number of fused-ring (bicyclic) bond motifs is 1. The lowest BCUT2D eigenvalue weighted by Gasteiger charge is -2.10. The van der Waals surface area contributed by atoms with Gasteiger partial charge >= 0.3 is 11.7 Å². The smallest absolute Gasteiger partial charge is 0.341 e. The van der Waals surface area contributed by atoms with E-state index in [2.05, 4.69) is 4.98 Å². The van der Waals surface area contributed by atoms with Gasteiger partial charge in [-0.3, -0.25) is 13.9 Å². The van der Waals surface area contributed by atoms with Gasteiger partial charge in [0.05, 0.1) is 12.9 Å². The number of carbonyl (C=O) groups excluding carboxylic acids is 1. The maximum Gasteiger partial charge on any atom is 0.341 e. The zero-order valence-electron chi connectivity index (χ0n) is 15.3. The fourth-order valence-corrected chi connectivity index (χ4v) is 2.87. The molecule has 0 aliphatic rings. The summed E-state index contributed by atoms with van der Waals surface area (Å²) in [6.45, 7) is 1.90. The highest BCUT2D eigenvalue weighted by Gasteiger charge is 2.16. The third-order valence-corrected chi connectivity index (χ3v) is 4.33. The van der Waals surface area contributed by atoms with Crippen molar-refractivity contribution in [3.8, 4) is 5.75 Å². The zero-order chi connectivity index (χ0) is 19.7. The molecule has 0 atom stereocenters. The Morgan fingerprint density at radius 2 is 2.00 bits per heavy atom. The van der Waals surface area contributed by atoms with Gasteiger partial charge in [-0.2, -0.15) is 0 Å². The minimum absolute atomic E-state index is 0.00519. The Hall–Kier alpha value is -3.36. The Labute approximate surface area is 154 Å². The molecule has 9 heteroatoms. The molecule has 2 heterocycles. The summed E-state index contributed by atoms with van der Waals surface area (Å²) in [5, 5.41) is 9.75. The van der Waals surface area contributed by atoms with Crippen LogP contribution in [-0.4, -0.2) is 36.4 Å². The fraction of sp³-hybridized carbons (Fsp3) is 0.333. The number of aryl methyl sites for hydroxylation is 3. The third-order valence-electron chi connectivity index (χ3n) is 4.33. The number of hydrogen-bond donors (Lipinski definition) is 1. The van der Waals surface area contributed by atoms with E-state index in [0.717, 1.165) is 10.1 Å². The number of esters is 1. The number of imidazole rings is 1. The van der Waals surface area contributed by atoms with Crippen molar-refractivity contribution in [2.24, 2.45) is 14.1 Å². The first kappa shape index (κ1) is 18.4. The summed E-state index contributed by atoms with van der Waals surface area (Å²) >= 11 is 0. The molecule has 0 radical (unpaired) electrons. The van der Waals surface area contributed by atoms with Crippen LogP contribution in [0.3, 0.4) is 0 Å². The lowest BCUT2D eigenvalue weighted by Crippen LogP contribution is -2.39. The average molecular weight is 372 g/mol. The summed E-state index contributed by atoms with van der Waals surface area (Å²) in [5.74, 6) is -0.809. The van der Waals surface area contributed by atoms with Gasteiger partial charge in [0.15, 0.2) is 11.2 Å². The number of hydrogen-bond acceptors (Lipinski definition) is 6. The highest BCUT2D eigenvalue weighted by atomic mass is 16.5. The lowest BCUT2D eigenvalue weighted by atomic mass is 10.1. The zero-order valence-corrected chi connectivity index (χ0v) is 15.3. The Morgan fingerprint density at radius 3 is 2.74 bits per heavy atom. The molecule has 0 unspecified atom stereocenters. The number of aromatic hydroxyl groups is 1. The van der Waals surface area contributed by atoms with Crippen LogP contribution in [0.2, 0.25) is 0 Å². The van der Waals surface area contributed by atoms with Gasteiger partial charge in [0.1, 0.15) is 11.3 Å². The Bertz CT molecular complexity index is 1140. The minimum atomic E-state index is -0.654. The van der Waals surface area contributed by atoms with E-state index in [1.165, 1.54) is 23.0 Å². The van der Waals surface area contributed by atoms with Gasteiger partial charge in [0.25, 0.3) is 5.56 Å². The Morgan fingerprint density at radius 1 is 1.26 bits per heavy atom. The van der Waals surface area contributed by atoms with Crippen molar-refractivity contribution in [2.75, 3.05) is 6.61 Å². The van der Waals surface area contributed by atoms with E-state index >= 15 is 0 Å². The molecule has 1 aromatic carbocycles. The monoisotopic (exact) mass is 372 g/mol. The van der Waals surface area contributed by atoms with E-state index in [0.29, 0.717) is 11.2 Å². The van der Waals surface area contributed by atoms with E-state index < -0.39 is 17.2 Å². The van der Waals surface area contributed by atoms with Gasteiger partial charge in [-0.05, 0) is 25.5 Å². The molecule has 3 rings (SSSR count). The third kappa shape index (κ3) is 3.35. The number of aromatic nitrogens is 4. The molecule has 0 spiro atoms. The molecule has 3 aromatic rings. The maximum atomic E-state index is 12.6. The van der Waals surface area contributed by atoms with Crippen LogP contribution in [0, 0.1) is 6.92 Å².